The average Bonchev–Trinajstić information content (AvgIpc) is 3.14. The first-order valence-electron chi connectivity index (χ1n) is 8.74. The zero-order valence-corrected chi connectivity index (χ0v) is 14.9. The van der Waals surface area contributed by atoms with E-state index in [1.54, 1.807) is 13.4 Å². The topological polar surface area (TPSA) is 60.3 Å². The number of likely N-dealkylation sites (tertiary alicyclic amines) is 1. The van der Waals surface area contributed by atoms with Crippen LogP contribution < -0.4 is 0 Å². The molecule has 0 unspecified atom stereocenters. The maximum absolute atomic E-state index is 13.2. The van der Waals surface area contributed by atoms with Crippen LogP contribution in [0.5, 0.6) is 0 Å². The van der Waals surface area contributed by atoms with Crippen LogP contribution >= 0.6 is 0 Å². The van der Waals surface area contributed by atoms with E-state index in [2.05, 4.69) is 10.2 Å². The highest BCUT2D eigenvalue weighted by atomic mass is 19.4. The molecule has 3 rings (SSSR count). The van der Waals surface area contributed by atoms with E-state index in [1.165, 1.54) is 23.1 Å². The summed E-state index contributed by atoms with van der Waals surface area (Å²) in [6, 6.07) is 5.04. The Labute approximate surface area is 154 Å². The molecule has 0 bridgehead atoms. The molecule has 0 atom stereocenters. The Morgan fingerprint density at radius 3 is 2.63 bits per heavy atom. The second-order valence-corrected chi connectivity index (χ2v) is 6.46. The molecule has 0 radical (unpaired) electrons. The van der Waals surface area contributed by atoms with Crippen LogP contribution in [0.3, 0.4) is 0 Å². The molecule has 0 aliphatic carbocycles. The summed E-state index contributed by atoms with van der Waals surface area (Å²) >= 11 is 0. The zero-order chi connectivity index (χ0) is 19.4. The first kappa shape index (κ1) is 19.3. The van der Waals surface area contributed by atoms with Crippen molar-refractivity contribution in [1.29, 1.82) is 0 Å². The second-order valence-electron chi connectivity index (χ2n) is 6.46. The summed E-state index contributed by atoms with van der Waals surface area (Å²) in [5.74, 6) is 0.230. The third-order valence-corrected chi connectivity index (χ3v) is 4.79. The highest BCUT2D eigenvalue weighted by Gasteiger charge is 2.36. The van der Waals surface area contributed by atoms with Gasteiger partial charge >= 0.3 is 6.18 Å². The number of halogens is 3. The number of benzene rings is 1. The second kappa shape index (κ2) is 8.08. The lowest BCUT2D eigenvalue weighted by molar-refractivity contribution is -0.138. The van der Waals surface area contributed by atoms with Crippen molar-refractivity contribution >= 4 is 5.91 Å². The number of aromatic nitrogens is 3. The first-order chi connectivity index (χ1) is 12.9. The van der Waals surface area contributed by atoms with Crippen molar-refractivity contribution in [2.24, 2.45) is 0 Å². The van der Waals surface area contributed by atoms with E-state index in [4.69, 9.17) is 4.74 Å². The average molecular weight is 382 g/mol. The van der Waals surface area contributed by atoms with E-state index in [-0.39, 0.29) is 11.6 Å². The molecule has 2 heterocycles. The van der Waals surface area contributed by atoms with Crippen LogP contribution in [0.4, 0.5) is 13.2 Å². The number of alkyl halides is 3. The van der Waals surface area contributed by atoms with E-state index in [9.17, 15) is 18.0 Å². The summed E-state index contributed by atoms with van der Waals surface area (Å²) < 4.78 is 46.6. The van der Waals surface area contributed by atoms with E-state index in [1.807, 2.05) is 4.57 Å². The Morgan fingerprint density at radius 2 is 1.96 bits per heavy atom. The monoisotopic (exact) mass is 382 g/mol. The van der Waals surface area contributed by atoms with Gasteiger partial charge in [-0.2, -0.15) is 13.2 Å². The molecular formula is C18H21F3N4O2. The van der Waals surface area contributed by atoms with Crippen molar-refractivity contribution in [1.82, 2.24) is 19.7 Å². The Morgan fingerprint density at radius 1 is 1.26 bits per heavy atom. The molecule has 1 fully saturated rings. The van der Waals surface area contributed by atoms with Crippen molar-refractivity contribution in [3.05, 3.63) is 47.5 Å². The van der Waals surface area contributed by atoms with Gasteiger partial charge in [0.05, 0.1) is 17.7 Å². The van der Waals surface area contributed by atoms with Gasteiger partial charge in [-0.05, 0) is 25.0 Å². The number of piperidine rings is 1. The van der Waals surface area contributed by atoms with Gasteiger partial charge in [0.15, 0.2) is 0 Å². The van der Waals surface area contributed by atoms with Gasteiger partial charge in [-0.1, -0.05) is 12.1 Å². The maximum Gasteiger partial charge on any atom is 0.417 e. The molecule has 146 valence electrons. The van der Waals surface area contributed by atoms with Gasteiger partial charge < -0.3 is 14.2 Å². The highest BCUT2D eigenvalue weighted by molar-refractivity contribution is 5.96. The van der Waals surface area contributed by atoms with Crippen molar-refractivity contribution < 1.29 is 22.7 Å². The van der Waals surface area contributed by atoms with Crippen LogP contribution in [-0.2, 0) is 17.3 Å². The molecule has 1 aromatic carbocycles. The summed E-state index contributed by atoms with van der Waals surface area (Å²) in [6.07, 6.45) is -0.986. The molecule has 1 aromatic heterocycles. The summed E-state index contributed by atoms with van der Waals surface area (Å²) in [7, 11) is 1.61. The summed E-state index contributed by atoms with van der Waals surface area (Å²) in [5, 5.41) is 8.04. The van der Waals surface area contributed by atoms with E-state index < -0.39 is 17.6 Å². The van der Waals surface area contributed by atoms with Crippen LogP contribution in [0, 0.1) is 0 Å². The van der Waals surface area contributed by atoms with Crippen molar-refractivity contribution in [3.8, 4) is 0 Å². The van der Waals surface area contributed by atoms with Crippen molar-refractivity contribution in [2.75, 3.05) is 26.8 Å². The predicted octanol–water partition coefficient (Wildman–Crippen LogP) is 2.96. The number of rotatable bonds is 5. The lowest BCUT2D eigenvalue weighted by Crippen LogP contribution is -2.40. The van der Waals surface area contributed by atoms with Gasteiger partial charge in [0.2, 0.25) is 0 Å². The number of hydrogen-bond acceptors (Lipinski definition) is 4. The maximum atomic E-state index is 13.2. The molecule has 1 aliphatic heterocycles. The molecule has 27 heavy (non-hydrogen) atoms. The molecule has 1 amide bonds. The standard InChI is InChI=1S/C18H21F3N4O2/c1-27-11-8-16-23-22-12-25(16)13-6-9-24(10-7-13)17(26)14-4-2-3-5-15(14)18(19,20)21/h2-5,12-13H,6-11H2,1H3. The smallest absolute Gasteiger partial charge is 0.384 e. The van der Waals surface area contributed by atoms with Gasteiger partial charge in [-0.3, -0.25) is 4.79 Å². The third kappa shape index (κ3) is 4.29. The summed E-state index contributed by atoms with van der Waals surface area (Å²) in [6.45, 7) is 1.30. The number of hydrogen-bond donors (Lipinski definition) is 0. The van der Waals surface area contributed by atoms with Crippen molar-refractivity contribution in [3.63, 3.8) is 0 Å². The number of ether oxygens (including phenoxy) is 1. The Hall–Kier alpha value is -2.42. The Kier molecular flexibility index (Phi) is 5.79. The minimum atomic E-state index is -4.55. The number of carbonyl (C=O) groups excluding carboxylic acids is 1. The van der Waals surface area contributed by atoms with Gasteiger partial charge in [-0.25, -0.2) is 0 Å². The van der Waals surface area contributed by atoms with Gasteiger partial charge in [-0.15, -0.1) is 10.2 Å². The Balaban J connectivity index is 1.68. The molecular weight excluding hydrogens is 361 g/mol. The summed E-state index contributed by atoms with van der Waals surface area (Å²) in [5.41, 5.74) is -1.19. The highest BCUT2D eigenvalue weighted by Crippen LogP contribution is 2.33. The largest absolute Gasteiger partial charge is 0.417 e. The minimum Gasteiger partial charge on any atom is -0.384 e. The number of methoxy groups -OCH3 is 1. The van der Waals surface area contributed by atoms with Crippen LogP contribution in [0.1, 0.15) is 40.6 Å². The SMILES string of the molecule is COCCc1nncn1C1CCN(C(=O)c2ccccc2C(F)(F)F)CC1. The van der Waals surface area contributed by atoms with E-state index >= 15 is 0 Å². The van der Waals surface area contributed by atoms with E-state index in [0.29, 0.717) is 39.0 Å². The molecule has 9 heteroatoms. The lowest BCUT2D eigenvalue weighted by atomic mass is 10.0. The quantitative estimate of drug-likeness (QED) is 0.798. The molecule has 0 saturated carbocycles. The summed E-state index contributed by atoms with van der Waals surface area (Å²) in [4.78, 5) is 14.1. The number of carbonyl (C=O) groups is 1. The fraction of sp³-hybridized carbons (Fsp3) is 0.500. The molecule has 1 saturated heterocycles. The third-order valence-electron chi connectivity index (χ3n) is 4.79. The minimum absolute atomic E-state index is 0.119. The molecule has 1 aliphatic rings. The van der Waals surface area contributed by atoms with Crippen LogP contribution in [0.15, 0.2) is 30.6 Å². The first-order valence-corrected chi connectivity index (χ1v) is 8.74. The molecule has 2 aromatic rings. The van der Waals surface area contributed by atoms with Crippen LogP contribution in [0.2, 0.25) is 0 Å². The van der Waals surface area contributed by atoms with Gasteiger partial charge in [0, 0.05) is 32.7 Å². The molecule has 6 nitrogen and oxygen atoms in total. The molecule has 0 N–H and O–H groups in total. The fourth-order valence-electron chi connectivity index (χ4n) is 3.38. The van der Waals surface area contributed by atoms with Crippen molar-refractivity contribution in [2.45, 2.75) is 31.5 Å². The van der Waals surface area contributed by atoms with Gasteiger partial charge in [0.25, 0.3) is 5.91 Å². The Bertz CT molecular complexity index is 783. The fourth-order valence-corrected chi connectivity index (χ4v) is 3.38. The predicted molar refractivity (Wildman–Crippen MR) is 91.2 cm³/mol. The normalized spacial score (nSPS) is 15.9. The van der Waals surface area contributed by atoms with E-state index in [0.717, 1.165) is 11.9 Å². The number of nitrogens with zero attached hydrogens (tertiary/aromatic N) is 4. The lowest BCUT2D eigenvalue weighted by Gasteiger charge is -2.33. The van der Waals surface area contributed by atoms with Crippen LogP contribution in [-0.4, -0.2) is 52.4 Å². The zero-order valence-electron chi connectivity index (χ0n) is 14.9. The van der Waals surface area contributed by atoms with Gasteiger partial charge in [0.1, 0.15) is 12.2 Å². The van der Waals surface area contributed by atoms with Crippen LogP contribution in [0.25, 0.3) is 0 Å². The molecule has 0 spiro atoms. The number of amides is 1.